The molecule has 1 fully saturated rings. The van der Waals surface area contributed by atoms with Crippen LogP contribution in [0.15, 0.2) is 0 Å². The topological polar surface area (TPSA) is 58.3 Å². The van der Waals surface area contributed by atoms with Crippen LogP contribution in [-0.2, 0) is 0 Å². The molecular weight excluding hydrogens is 164 g/mol. The van der Waals surface area contributed by atoms with E-state index in [4.69, 9.17) is 5.73 Å². The highest BCUT2D eigenvalue weighted by molar-refractivity contribution is 4.84. The molecule has 0 heterocycles. The minimum Gasteiger partial charge on any atom is -0.396 e. The van der Waals surface area contributed by atoms with Crippen LogP contribution in [0, 0.1) is 5.41 Å². The Morgan fingerprint density at radius 3 is 2.46 bits per heavy atom. The van der Waals surface area contributed by atoms with Crippen molar-refractivity contribution in [1.82, 2.24) is 5.32 Å². The van der Waals surface area contributed by atoms with Crippen LogP contribution in [-0.4, -0.2) is 31.3 Å². The second-order valence-corrected chi connectivity index (χ2v) is 4.18. The Balaban J connectivity index is 2.29. The number of rotatable bonds is 5. The van der Waals surface area contributed by atoms with E-state index in [1.807, 2.05) is 0 Å². The molecule has 0 atom stereocenters. The van der Waals surface area contributed by atoms with E-state index in [1.54, 1.807) is 0 Å². The molecule has 1 rings (SSSR count). The van der Waals surface area contributed by atoms with E-state index >= 15 is 0 Å². The summed E-state index contributed by atoms with van der Waals surface area (Å²) in [5, 5.41) is 12.7. The van der Waals surface area contributed by atoms with Crippen LogP contribution >= 0.6 is 0 Å². The van der Waals surface area contributed by atoms with Crippen molar-refractivity contribution in [3.05, 3.63) is 0 Å². The van der Waals surface area contributed by atoms with Crippen LogP contribution in [0.2, 0.25) is 0 Å². The van der Waals surface area contributed by atoms with Gasteiger partial charge in [-0.15, -0.1) is 0 Å². The molecule has 4 N–H and O–H groups in total. The predicted molar refractivity (Wildman–Crippen MR) is 54.5 cm³/mol. The van der Waals surface area contributed by atoms with Gasteiger partial charge >= 0.3 is 0 Å². The summed E-state index contributed by atoms with van der Waals surface area (Å²) in [6.07, 6.45) is 6.20. The van der Waals surface area contributed by atoms with Gasteiger partial charge in [0, 0.05) is 31.7 Å². The fourth-order valence-electron chi connectivity index (χ4n) is 2.15. The van der Waals surface area contributed by atoms with Crippen LogP contribution < -0.4 is 11.1 Å². The normalized spacial score (nSPS) is 21.7. The molecule has 0 aromatic carbocycles. The molecule has 0 saturated heterocycles. The number of hydrogen-bond acceptors (Lipinski definition) is 3. The van der Waals surface area contributed by atoms with E-state index in [9.17, 15) is 5.11 Å². The van der Waals surface area contributed by atoms with Gasteiger partial charge in [-0.3, -0.25) is 0 Å². The Bertz CT molecular complexity index is 133. The molecule has 0 unspecified atom stereocenters. The fraction of sp³-hybridized carbons (Fsp3) is 1.00. The van der Waals surface area contributed by atoms with Gasteiger partial charge in [-0.1, -0.05) is 19.3 Å². The summed E-state index contributed by atoms with van der Waals surface area (Å²) in [4.78, 5) is 0. The van der Waals surface area contributed by atoms with Crippen molar-refractivity contribution in [2.75, 3.05) is 26.2 Å². The molecule has 0 aromatic rings. The zero-order valence-electron chi connectivity index (χ0n) is 8.39. The summed E-state index contributed by atoms with van der Waals surface area (Å²) < 4.78 is 0. The maximum absolute atomic E-state index is 9.37. The molecular formula is C10H22N2O. The average Bonchev–Trinajstić information content (AvgIpc) is 2.20. The smallest absolute Gasteiger partial charge is 0.0499 e. The van der Waals surface area contributed by atoms with Crippen molar-refractivity contribution >= 4 is 0 Å². The van der Waals surface area contributed by atoms with E-state index < -0.39 is 0 Å². The monoisotopic (exact) mass is 186 g/mol. The molecule has 3 heteroatoms. The maximum atomic E-state index is 9.37. The van der Waals surface area contributed by atoms with Gasteiger partial charge in [0.1, 0.15) is 0 Å². The van der Waals surface area contributed by atoms with Crippen molar-refractivity contribution in [3.8, 4) is 0 Å². The number of hydrogen-bond donors (Lipinski definition) is 3. The molecule has 1 aliphatic rings. The number of nitrogens with one attached hydrogen (secondary N) is 1. The van der Waals surface area contributed by atoms with Crippen molar-refractivity contribution in [2.45, 2.75) is 32.1 Å². The third-order valence-corrected chi connectivity index (χ3v) is 3.07. The summed E-state index contributed by atoms with van der Waals surface area (Å²) >= 11 is 0. The highest BCUT2D eigenvalue weighted by Crippen LogP contribution is 2.34. The highest BCUT2D eigenvalue weighted by Gasteiger charge is 2.30. The maximum Gasteiger partial charge on any atom is 0.0499 e. The molecule has 0 bridgehead atoms. The number of aliphatic hydroxyl groups excluding tert-OH is 1. The van der Waals surface area contributed by atoms with Gasteiger partial charge in [-0.2, -0.15) is 0 Å². The van der Waals surface area contributed by atoms with Gasteiger partial charge in [0.05, 0.1) is 0 Å². The molecule has 0 aliphatic heterocycles. The molecule has 1 aliphatic carbocycles. The summed E-state index contributed by atoms with van der Waals surface area (Å²) in [5.74, 6) is 0. The van der Waals surface area contributed by atoms with Crippen molar-refractivity contribution in [2.24, 2.45) is 11.1 Å². The van der Waals surface area contributed by atoms with Gasteiger partial charge in [0.2, 0.25) is 0 Å². The Morgan fingerprint density at radius 1 is 1.23 bits per heavy atom. The second kappa shape index (κ2) is 5.58. The van der Waals surface area contributed by atoms with Gasteiger partial charge in [0.25, 0.3) is 0 Å². The molecule has 0 amide bonds. The van der Waals surface area contributed by atoms with Gasteiger partial charge in [0.15, 0.2) is 0 Å². The predicted octanol–water partition coefficient (Wildman–Crippen LogP) is 0.477. The SMILES string of the molecule is NCCNCC1(CO)CCCCC1. The Hall–Kier alpha value is -0.120. The Kier molecular flexibility index (Phi) is 4.70. The van der Waals surface area contributed by atoms with E-state index in [0.717, 1.165) is 13.1 Å². The van der Waals surface area contributed by atoms with E-state index in [1.165, 1.54) is 32.1 Å². The molecule has 78 valence electrons. The summed E-state index contributed by atoms with van der Waals surface area (Å²) in [7, 11) is 0. The molecule has 0 radical (unpaired) electrons. The minimum atomic E-state index is 0.160. The first-order valence-corrected chi connectivity index (χ1v) is 5.35. The molecule has 3 nitrogen and oxygen atoms in total. The van der Waals surface area contributed by atoms with Crippen LogP contribution in [0.1, 0.15) is 32.1 Å². The number of aliphatic hydroxyl groups is 1. The Morgan fingerprint density at radius 2 is 1.92 bits per heavy atom. The quantitative estimate of drug-likeness (QED) is 0.547. The van der Waals surface area contributed by atoms with E-state index in [0.29, 0.717) is 13.2 Å². The van der Waals surface area contributed by atoms with Crippen molar-refractivity contribution < 1.29 is 5.11 Å². The third kappa shape index (κ3) is 3.25. The average molecular weight is 186 g/mol. The van der Waals surface area contributed by atoms with Crippen LogP contribution in [0.3, 0.4) is 0 Å². The zero-order valence-corrected chi connectivity index (χ0v) is 8.39. The van der Waals surface area contributed by atoms with Crippen molar-refractivity contribution in [1.29, 1.82) is 0 Å². The Labute approximate surface area is 80.7 Å². The molecule has 0 aromatic heterocycles. The summed E-state index contributed by atoms with van der Waals surface area (Å²) in [5.41, 5.74) is 5.56. The summed E-state index contributed by atoms with van der Waals surface area (Å²) in [6.45, 7) is 2.80. The van der Waals surface area contributed by atoms with E-state index in [-0.39, 0.29) is 5.41 Å². The lowest BCUT2D eigenvalue weighted by molar-refractivity contribution is 0.0818. The van der Waals surface area contributed by atoms with Crippen LogP contribution in [0.25, 0.3) is 0 Å². The van der Waals surface area contributed by atoms with Crippen LogP contribution in [0.5, 0.6) is 0 Å². The summed E-state index contributed by atoms with van der Waals surface area (Å²) in [6, 6.07) is 0. The number of nitrogens with two attached hydrogens (primary N) is 1. The first-order valence-electron chi connectivity index (χ1n) is 5.35. The lowest BCUT2D eigenvalue weighted by atomic mass is 9.74. The largest absolute Gasteiger partial charge is 0.396 e. The van der Waals surface area contributed by atoms with E-state index in [2.05, 4.69) is 5.32 Å². The fourth-order valence-corrected chi connectivity index (χ4v) is 2.15. The second-order valence-electron chi connectivity index (χ2n) is 4.18. The zero-order chi connectivity index (χ0) is 9.57. The van der Waals surface area contributed by atoms with Crippen molar-refractivity contribution in [3.63, 3.8) is 0 Å². The molecule has 1 saturated carbocycles. The minimum absolute atomic E-state index is 0.160. The molecule has 0 spiro atoms. The lowest BCUT2D eigenvalue weighted by Gasteiger charge is -2.35. The lowest BCUT2D eigenvalue weighted by Crippen LogP contribution is -2.40. The van der Waals surface area contributed by atoms with Crippen LogP contribution in [0.4, 0.5) is 0 Å². The molecule has 13 heavy (non-hydrogen) atoms. The third-order valence-electron chi connectivity index (χ3n) is 3.07. The van der Waals surface area contributed by atoms with Gasteiger partial charge in [-0.25, -0.2) is 0 Å². The van der Waals surface area contributed by atoms with Gasteiger partial charge < -0.3 is 16.2 Å². The highest BCUT2D eigenvalue weighted by atomic mass is 16.3. The van der Waals surface area contributed by atoms with Gasteiger partial charge in [-0.05, 0) is 12.8 Å². The first-order chi connectivity index (χ1) is 6.33. The first kappa shape index (κ1) is 11.0. The standard InChI is InChI=1S/C10H22N2O/c11-6-7-12-8-10(9-13)4-2-1-3-5-10/h12-13H,1-9,11H2.